The fourth-order valence-electron chi connectivity index (χ4n) is 1.60. The van der Waals surface area contributed by atoms with E-state index in [1.807, 2.05) is 0 Å². The van der Waals surface area contributed by atoms with Crippen molar-refractivity contribution < 1.29 is 19.2 Å². The van der Waals surface area contributed by atoms with Crippen LogP contribution in [0.3, 0.4) is 0 Å². The van der Waals surface area contributed by atoms with Gasteiger partial charge in [0.25, 0.3) is 5.69 Å². The second-order valence-electron chi connectivity index (χ2n) is 4.46. The molecule has 1 atom stereocenters. The van der Waals surface area contributed by atoms with Crippen LogP contribution >= 0.6 is 0 Å². The zero-order valence-corrected chi connectivity index (χ0v) is 11.5. The van der Waals surface area contributed by atoms with Crippen LogP contribution in [0, 0.1) is 15.9 Å². The summed E-state index contributed by atoms with van der Waals surface area (Å²) in [6, 6.07) is 8.23. The van der Waals surface area contributed by atoms with Crippen LogP contribution in [0.15, 0.2) is 42.6 Å². The minimum absolute atomic E-state index is 0.0195. The Labute approximate surface area is 125 Å². The summed E-state index contributed by atoms with van der Waals surface area (Å²) >= 11 is 0. The Hall–Kier alpha value is -2.74. The van der Waals surface area contributed by atoms with Gasteiger partial charge in [-0.2, -0.15) is 0 Å². The van der Waals surface area contributed by atoms with Gasteiger partial charge in [-0.15, -0.1) is 0 Å². The minimum Gasteiger partial charge on any atom is -0.491 e. The molecule has 0 saturated carbocycles. The van der Waals surface area contributed by atoms with Crippen LogP contribution in [0.1, 0.15) is 0 Å². The standard InChI is InChI=1S/C14H14FN3O4/c15-10-1-4-13(5-2-10)22-9-12(19)8-17-14-6-3-11(7-16-14)18(20)21/h1-7,12,19H,8-9H2,(H,16,17)/t12-/m0/s1. The Balaban J connectivity index is 1.76. The molecule has 0 fully saturated rings. The Kier molecular flexibility index (Phi) is 5.21. The van der Waals surface area contributed by atoms with Crippen LogP contribution in [0.4, 0.5) is 15.9 Å². The number of nitrogens with one attached hydrogen (secondary N) is 1. The van der Waals surface area contributed by atoms with Gasteiger partial charge in [-0.05, 0) is 30.3 Å². The van der Waals surface area contributed by atoms with Gasteiger partial charge in [-0.1, -0.05) is 0 Å². The lowest BCUT2D eigenvalue weighted by Gasteiger charge is -2.13. The smallest absolute Gasteiger partial charge is 0.287 e. The summed E-state index contributed by atoms with van der Waals surface area (Å²) < 4.78 is 18.0. The van der Waals surface area contributed by atoms with Crippen molar-refractivity contribution in [2.45, 2.75) is 6.10 Å². The molecule has 0 radical (unpaired) electrons. The van der Waals surface area contributed by atoms with E-state index in [4.69, 9.17) is 4.74 Å². The molecule has 2 aromatic rings. The number of anilines is 1. The molecule has 0 aliphatic rings. The fourth-order valence-corrected chi connectivity index (χ4v) is 1.60. The van der Waals surface area contributed by atoms with E-state index in [2.05, 4.69) is 10.3 Å². The molecule has 1 aromatic heterocycles. The van der Waals surface area contributed by atoms with Crippen molar-refractivity contribution in [3.05, 3.63) is 58.5 Å². The number of pyridine rings is 1. The average molecular weight is 307 g/mol. The van der Waals surface area contributed by atoms with E-state index in [9.17, 15) is 19.6 Å². The van der Waals surface area contributed by atoms with Crippen molar-refractivity contribution in [2.24, 2.45) is 0 Å². The zero-order valence-electron chi connectivity index (χ0n) is 11.5. The Bertz CT molecular complexity index is 619. The summed E-state index contributed by atoms with van der Waals surface area (Å²) in [6.07, 6.45) is 0.311. The van der Waals surface area contributed by atoms with E-state index in [0.29, 0.717) is 11.6 Å². The highest BCUT2D eigenvalue weighted by Crippen LogP contribution is 2.13. The normalized spacial score (nSPS) is 11.7. The van der Waals surface area contributed by atoms with Crippen molar-refractivity contribution in [1.82, 2.24) is 4.98 Å². The van der Waals surface area contributed by atoms with Crippen molar-refractivity contribution in [2.75, 3.05) is 18.5 Å². The first kappa shape index (κ1) is 15.6. The lowest BCUT2D eigenvalue weighted by molar-refractivity contribution is -0.385. The van der Waals surface area contributed by atoms with Gasteiger partial charge in [0.1, 0.15) is 36.3 Å². The van der Waals surface area contributed by atoms with Gasteiger partial charge in [-0.25, -0.2) is 9.37 Å². The van der Waals surface area contributed by atoms with Crippen LogP contribution in [0.25, 0.3) is 0 Å². The van der Waals surface area contributed by atoms with Gasteiger partial charge in [0, 0.05) is 12.6 Å². The zero-order chi connectivity index (χ0) is 15.9. The number of hydrogen-bond acceptors (Lipinski definition) is 6. The minimum atomic E-state index is -0.818. The quantitative estimate of drug-likeness (QED) is 0.599. The van der Waals surface area contributed by atoms with E-state index in [-0.39, 0.29) is 24.7 Å². The number of rotatable bonds is 7. The van der Waals surface area contributed by atoms with E-state index in [0.717, 1.165) is 6.20 Å². The van der Waals surface area contributed by atoms with Crippen LogP contribution in [0.5, 0.6) is 5.75 Å². The van der Waals surface area contributed by atoms with Crippen molar-refractivity contribution >= 4 is 11.5 Å². The number of benzene rings is 1. The van der Waals surface area contributed by atoms with Gasteiger partial charge in [0.2, 0.25) is 0 Å². The topological polar surface area (TPSA) is 97.5 Å². The molecule has 22 heavy (non-hydrogen) atoms. The van der Waals surface area contributed by atoms with Gasteiger partial charge < -0.3 is 15.2 Å². The summed E-state index contributed by atoms with van der Waals surface area (Å²) in [7, 11) is 0. The van der Waals surface area contributed by atoms with E-state index >= 15 is 0 Å². The lowest BCUT2D eigenvalue weighted by atomic mass is 10.3. The first-order chi connectivity index (χ1) is 10.5. The molecule has 1 heterocycles. The van der Waals surface area contributed by atoms with Crippen LogP contribution in [-0.4, -0.2) is 34.3 Å². The number of hydrogen-bond donors (Lipinski definition) is 2. The van der Waals surface area contributed by atoms with E-state index in [1.165, 1.54) is 36.4 Å². The maximum Gasteiger partial charge on any atom is 0.287 e. The summed E-state index contributed by atoms with van der Waals surface area (Å²) in [5.74, 6) is 0.499. The third-order valence-electron chi connectivity index (χ3n) is 2.73. The third kappa shape index (κ3) is 4.67. The number of ether oxygens (including phenoxy) is 1. The van der Waals surface area contributed by atoms with Crippen LogP contribution in [0.2, 0.25) is 0 Å². The van der Waals surface area contributed by atoms with Crippen molar-refractivity contribution in [3.8, 4) is 5.75 Å². The molecule has 0 amide bonds. The van der Waals surface area contributed by atoms with Crippen molar-refractivity contribution in [1.29, 1.82) is 0 Å². The Morgan fingerprint density at radius 2 is 2.05 bits per heavy atom. The van der Waals surface area contributed by atoms with Gasteiger partial charge >= 0.3 is 0 Å². The third-order valence-corrected chi connectivity index (χ3v) is 2.73. The molecule has 8 heteroatoms. The van der Waals surface area contributed by atoms with Crippen LogP contribution in [-0.2, 0) is 0 Å². The Morgan fingerprint density at radius 1 is 1.32 bits per heavy atom. The summed E-state index contributed by atoms with van der Waals surface area (Å²) in [5.41, 5.74) is -0.106. The maximum absolute atomic E-state index is 12.7. The predicted molar refractivity (Wildman–Crippen MR) is 77.3 cm³/mol. The number of aromatic nitrogens is 1. The highest BCUT2D eigenvalue weighted by Gasteiger charge is 2.08. The SMILES string of the molecule is O=[N+]([O-])c1ccc(NC[C@H](O)COc2ccc(F)cc2)nc1. The monoisotopic (exact) mass is 307 g/mol. The molecule has 7 nitrogen and oxygen atoms in total. The van der Waals surface area contributed by atoms with Crippen molar-refractivity contribution in [3.63, 3.8) is 0 Å². The highest BCUT2D eigenvalue weighted by atomic mass is 19.1. The summed E-state index contributed by atoms with van der Waals surface area (Å²) in [5, 5.41) is 23.1. The molecule has 116 valence electrons. The molecule has 1 aromatic carbocycles. The molecule has 0 spiro atoms. The Morgan fingerprint density at radius 3 is 2.64 bits per heavy atom. The maximum atomic E-state index is 12.7. The molecular formula is C14H14FN3O4. The van der Waals surface area contributed by atoms with Gasteiger partial charge in [0.05, 0.1) is 4.92 Å². The summed E-state index contributed by atoms with van der Waals surface area (Å²) in [6.45, 7) is 0.178. The molecule has 2 rings (SSSR count). The predicted octanol–water partition coefficient (Wildman–Crippen LogP) is 1.98. The lowest BCUT2D eigenvalue weighted by Crippen LogP contribution is -2.26. The van der Waals surface area contributed by atoms with E-state index in [1.54, 1.807) is 0 Å². The first-order valence-corrected chi connectivity index (χ1v) is 6.45. The van der Waals surface area contributed by atoms with Gasteiger partial charge in [-0.3, -0.25) is 10.1 Å². The van der Waals surface area contributed by atoms with Crippen LogP contribution < -0.4 is 10.1 Å². The molecule has 0 saturated heterocycles. The molecular weight excluding hydrogens is 293 g/mol. The molecule has 0 aliphatic heterocycles. The second kappa shape index (κ2) is 7.32. The number of halogens is 1. The van der Waals surface area contributed by atoms with Gasteiger partial charge in [0.15, 0.2) is 0 Å². The second-order valence-corrected chi connectivity index (χ2v) is 4.46. The first-order valence-electron chi connectivity index (χ1n) is 6.45. The molecule has 0 unspecified atom stereocenters. The number of aliphatic hydroxyl groups is 1. The summed E-state index contributed by atoms with van der Waals surface area (Å²) in [4.78, 5) is 13.8. The fraction of sp³-hybridized carbons (Fsp3) is 0.214. The molecule has 0 aliphatic carbocycles. The van der Waals surface area contributed by atoms with E-state index < -0.39 is 11.0 Å². The molecule has 0 bridgehead atoms. The number of nitrogens with zero attached hydrogens (tertiary/aromatic N) is 2. The highest BCUT2D eigenvalue weighted by molar-refractivity contribution is 5.40. The number of nitro groups is 1. The largest absolute Gasteiger partial charge is 0.491 e. The number of aliphatic hydroxyl groups excluding tert-OH is 1. The average Bonchev–Trinajstić information content (AvgIpc) is 2.52. The molecule has 2 N–H and O–H groups in total.